The second-order valence-electron chi connectivity index (χ2n) is 5.42. The third-order valence-corrected chi connectivity index (χ3v) is 4.24. The number of nitrogens with two attached hydrogens (primary N) is 1. The van der Waals surface area contributed by atoms with Crippen LogP contribution in [0.3, 0.4) is 0 Å². The van der Waals surface area contributed by atoms with Crippen LogP contribution in [0.25, 0.3) is 0 Å². The quantitative estimate of drug-likeness (QED) is 0.829. The standard InChI is InChI=1S/C15H22F2N2O/c1-3-15(4-2)9-11(5-6-20-15)19-13-8-10(16)7-12(17)14(13)18/h7-8,11,19H,3-6,9,18H2,1-2H3. The van der Waals surface area contributed by atoms with Gasteiger partial charge in [0.25, 0.3) is 0 Å². The largest absolute Gasteiger partial charge is 0.395 e. The fourth-order valence-corrected chi connectivity index (χ4v) is 2.82. The van der Waals surface area contributed by atoms with Crippen molar-refractivity contribution in [1.82, 2.24) is 0 Å². The first-order chi connectivity index (χ1) is 9.49. The summed E-state index contributed by atoms with van der Waals surface area (Å²) in [6.07, 6.45) is 3.47. The highest BCUT2D eigenvalue weighted by Crippen LogP contribution is 2.34. The first-order valence-corrected chi connectivity index (χ1v) is 7.14. The third kappa shape index (κ3) is 3.03. The van der Waals surface area contributed by atoms with Crippen LogP contribution in [0, 0.1) is 11.6 Å². The number of rotatable bonds is 4. The predicted octanol–water partition coefficient (Wildman–Crippen LogP) is 3.70. The van der Waals surface area contributed by atoms with Crippen molar-refractivity contribution in [3.05, 3.63) is 23.8 Å². The van der Waals surface area contributed by atoms with Crippen molar-refractivity contribution in [2.24, 2.45) is 0 Å². The molecular formula is C15H22F2N2O. The normalized spacial score (nSPS) is 21.7. The zero-order valence-electron chi connectivity index (χ0n) is 12.0. The van der Waals surface area contributed by atoms with Crippen molar-refractivity contribution in [2.75, 3.05) is 17.7 Å². The average molecular weight is 284 g/mol. The van der Waals surface area contributed by atoms with Crippen molar-refractivity contribution in [2.45, 2.75) is 51.2 Å². The summed E-state index contributed by atoms with van der Waals surface area (Å²) in [4.78, 5) is 0. The maximum Gasteiger partial charge on any atom is 0.151 e. The summed E-state index contributed by atoms with van der Waals surface area (Å²) in [6.45, 7) is 4.85. The summed E-state index contributed by atoms with van der Waals surface area (Å²) in [5.41, 5.74) is 5.82. The van der Waals surface area contributed by atoms with Crippen molar-refractivity contribution in [1.29, 1.82) is 0 Å². The Labute approximate surface area is 118 Å². The van der Waals surface area contributed by atoms with Crippen LogP contribution in [0.1, 0.15) is 39.5 Å². The van der Waals surface area contributed by atoms with Gasteiger partial charge in [0.15, 0.2) is 5.82 Å². The van der Waals surface area contributed by atoms with Crippen molar-refractivity contribution in [3.63, 3.8) is 0 Å². The Morgan fingerprint density at radius 1 is 1.35 bits per heavy atom. The lowest BCUT2D eigenvalue weighted by molar-refractivity contribution is -0.0864. The molecule has 0 aromatic heterocycles. The Balaban J connectivity index is 2.14. The summed E-state index contributed by atoms with van der Waals surface area (Å²) in [5.74, 6) is -1.35. The number of hydrogen-bond acceptors (Lipinski definition) is 3. The van der Waals surface area contributed by atoms with E-state index >= 15 is 0 Å². The monoisotopic (exact) mass is 284 g/mol. The van der Waals surface area contributed by atoms with E-state index in [0.29, 0.717) is 12.3 Å². The predicted molar refractivity (Wildman–Crippen MR) is 76.7 cm³/mol. The van der Waals surface area contributed by atoms with E-state index in [1.807, 2.05) is 0 Å². The van der Waals surface area contributed by atoms with E-state index in [9.17, 15) is 8.78 Å². The minimum atomic E-state index is -0.725. The molecule has 0 spiro atoms. The van der Waals surface area contributed by atoms with Gasteiger partial charge < -0.3 is 15.8 Å². The van der Waals surface area contributed by atoms with Gasteiger partial charge in [-0.1, -0.05) is 13.8 Å². The van der Waals surface area contributed by atoms with Gasteiger partial charge in [-0.25, -0.2) is 8.78 Å². The molecule has 0 amide bonds. The molecule has 0 saturated carbocycles. The Hall–Kier alpha value is -1.36. The highest BCUT2D eigenvalue weighted by atomic mass is 19.1. The van der Waals surface area contributed by atoms with Crippen LogP contribution in [0.2, 0.25) is 0 Å². The van der Waals surface area contributed by atoms with Gasteiger partial charge in [-0.2, -0.15) is 0 Å². The fourth-order valence-electron chi connectivity index (χ4n) is 2.82. The number of hydrogen-bond donors (Lipinski definition) is 2. The molecule has 1 saturated heterocycles. The molecule has 1 atom stereocenters. The zero-order valence-corrected chi connectivity index (χ0v) is 12.0. The number of halogens is 2. The molecule has 0 aliphatic carbocycles. The van der Waals surface area contributed by atoms with Crippen molar-refractivity contribution in [3.8, 4) is 0 Å². The minimum absolute atomic E-state index is 0.0310. The maximum atomic E-state index is 13.4. The summed E-state index contributed by atoms with van der Waals surface area (Å²) in [7, 11) is 0. The van der Waals surface area contributed by atoms with Crippen LogP contribution >= 0.6 is 0 Å². The van der Waals surface area contributed by atoms with Crippen LogP contribution in [0.15, 0.2) is 12.1 Å². The molecule has 1 heterocycles. The second kappa shape index (κ2) is 5.95. The number of nitrogens with one attached hydrogen (secondary N) is 1. The Bertz CT molecular complexity index is 475. The van der Waals surface area contributed by atoms with Crippen LogP contribution < -0.4 is 11.1 Å². The van der Waals surface area contributed by atoms with Gasteiger partial charge in [0.1, 0.15) is 5.82 Å². The molecule has 1 aromatic rings. The van der Waals surface area contributed by atoms with Crippen molar-refractivity contribution >= 4 is 11.4 Å². The van der Waals surface area contributed by atoms with Gasteiger partial charge in [0.05, 0.1) is 17.0 Å². The molecule has 1 aliphatic heterocycles. The van der Waals surface area contributed by atoms with Crippen molar-refractivity contribution < 1.29 is 13.5 Å². The van der Waals surface area contributed by atoms with E-state index < -0.39 is 11.6 Å². The van der Waals surface area contributed by atoms with Gasteiger partial charge in [-0.05, 0) is 31.7 Å². The van der Waals surface area contributed by atoms with Gasteiger partial charge in [0.2, 0.25) is 0 Å². The molecule has 1 aliphatic rings. The van der Waals surface area contributed by atoms with Crippen LogP contribution in [0.4, 0.5) is 20.2 Å². The third-order valence-electron chi connectivity index (χ3n) is 4.24. The Morgan fingerprint density at radius 3 is 2.70 bits per heavy atom. The van der Waals surface area contributed by atoms with E-state index in [-0.39, 0.29) is 17.3 Å². The minimum Gasteiger partial charge on any atom is -0.395 e. The lowest BCUT2D eigenvalue weighted by atomic mass is 9.86. The molecule has 112 valence electrons. The van der Waals surface area contributed by atoms with E-state index in [4.69, 9.17) is 10.5 Å². The van der Waals surface area contributed by atoms with Crippen LogP contribution in [-0.2, 0) is 4.74 Å². The fraction of sp³-hybridized carbons (Fsp3) is 0.600. The highest BCUT2D eigenvalue weighted by molar-refractivity contribution is 5.67. The molecule has 5 heteroatoms. The number of nitrogen functional groups attached to an aromatic ring is 1. The molecule has 0 bridgehead atoms. The summed E-state index contributed by atoms with van der Waals surface area (Å²) < 4.78 is 32.6. The first-order valence-electron chi connectivity index (χ1n) is 7.14. The molecule has 0 radical (unpaired) electrons. The van der Waals surface area contributed by atoms with Crippen LogP contribution in [-0.4, -0.2) is 18.2 Å². The summed E-state index contributed by atoms with van der Waals surface area (Å²) in [5, 5.41) is 3.17. The molecule has 20 heavy (non-hydrogen) atoms. The van der Waals surface area contributed by atoms with Crippen LogP contribution in [0.5, 0.6) is 0 Å². The smallest absolute Gasteiger partial charge is 0.151 e. The molecular weight excluding hydrogens is 262 g/mol. The van der Waals surface area contributed by atoms with E-state index in [2.05, 4.69) is 19.2 Å². The van der Waals surface area contributed by atoms with E-state index in [0.717, 1.165) is 31.7 Å². The summed E-state index contributed by atoms with van der Waals surface area (Å²) in [6, 6.07) is 2.16. The van der Waals surface area contributed by atoms with E-state index in [1.165, 1.54) is 6.07 Å². The van der Waals surface area contributed by atoms with E-state index in [1.54, 1.807) is 0 Å². The Kier molecular flexibility index (Phi) is 4.48. The highest BCUT2D eigenvalue weighted by Gasteiger charge is 2.34. The van der Waals surface area contributed by atoms with Gasteiger partial charge in [-0.3, -0.25) is 0 Å². The van der Waals surface area contributed by atoms with Gasteiger partial charge in [0, 0.05) is 18.7 Å². The number of anilines is 2. The summed E-state index contributed by atoms with van der Waals surface area (Å²) >= 11 is 0. The number of ether oxygens (including phenoxy) is 1. The molecule has 1 unspecified atom stereocenters. The lowest BCUT2D eigenvalue weighted by Gasteiger charge is -2.40. The zero-order chi connectivity index (χ0) is 14.8. The average Bonchev–Trinajstić information content (AvgIpc) is 2.44. The number of benzene rings is 1. The van der Waals surface area contributed by atoms with Gasteiger partial charge in [-0.15, -0.1) is 0 Å². The first kappa shape index (κ1) is 15.0. The maximum absolute atomic E-state index is 13.4. The van der Waals surface area contributed by atoms with Gasteiger partial charge >= 0.3 is 0 Å². The Morgan fingerprint density at radius 2 is 2.05 bits per heavy atom. The molecule has 1 fully saturated rings. The lowest BCUT2D eigenvalue weighted by Crippen LogP contribution is -2.43. The second-order valence-corrected chi connectivity index (χ2v) is 5.42. The SMILES string of the molecule is CCC1(CC)CC(Nc2cc(F)cc(F)c2N)CCO1. The topological polar surface area (TPSA) is 47.3 Å². The molecule has 3 N–H and O–H groups in total. The molecule has 3 nitrogen and oxygen atoms in total. The molecule has 2 rings (SSSR count). The molecule has 1 aromatic carbocycles.